The molecular formula is C26H30N4O4. The zero-order valence-corrected chi connectivity index (χ0v) is 19.4. The Morgan fingerprint density at radius 1 is 0.912 bits per heavy atom. The van der Waals surface area contributed by atoms with E-state index in [-0.39, 0.29) is 18.4 Å². The molecular weight excluding hydrogens is 432 g/mol. The van der Waals surface area contributed by atoms with Gasteiger partial charge in [0.15, 0.2) is 0 Å². The standard InChI is InChI=1S/C26H30N4O4/c1-30(2)22-13-12-19-15-21(11-10-20(19)16-22)24(31)29-23(9-6-14-27-26(33)34)25(32)28-17-18-7-4-3-5-8-18/h3-5,7-8,10-13,15-16,23,27H,6,9,14,17H2,1-2H3,(H,28,32)(H,29,31)(H,33,34). The van der Waals surface area contributed by atoms with Crippen LogP contribution in [0.25, 0.3) is 10.8 Å². The van der Waals surface area contributed by atoms with E-state index in [0.29, 0.717) is 24.9 Å². The summed E-state index contributed by atoms with van der Waals surface area (Å²) in [6.45, 7) is 0.529. The second-order valence-corrected chi connectivity index (χ2v) is 8.24. The monoisotopic (exact) mass is 462 g/mol. The number of amides is 3. The predicted molar refractivity (Wildman–Crippen MR) is 133 cm³/mol. The third-order valence-corrected chi connectivity index (χ3v) is 5.48. The van der Waals surface area contributed by atoms with Gasteiger partial charge >= 0.3 is 6.09 Å². The maximum absolute atomic E-state index is 13.0. The Bertz CT molecular complexity index is 1150. The van der Waals surface area contributed by atoms with Crippen LogP contribution in [-0.4, -0.2) is 49.7 Å². The van der Waals surface area contributed by atoms with Crippen molar-refractivity contribution < 1.29 is 19.5 Å². The lowest BCUT2D eigenvalue weighted by atomic mass is 10.0. The fourth-order valence-corrected chi connectivity index (χ4v) is 3.57. The molecule has 3 aromatic rings. The van der Waals surface area contributed by atoms with Crippen molar-refractivity contribution in [3.8, 4) is 0 Å². The summed E-state index contributed by atoms with van der Waals surface area (Å²) in [5.41, 5.74) is 2.46. The van der Waals surface area contributed by atoms with Crippen LogP contribution >= 0.6 is 0 Å². The summed E-state index contributed by atoms with van der Waals surface area (Å²) in [5, 5.41) is 18.7. The smallest absolute Gasteiger partial charge is 0.404 e. The maximum Gasteiger partial charge on any atom is 0.404 e. The average molecular weight is 463 g/mol. The normalized spacial score (nSPS) is 11.5. The summed E-state index contributed by atoms with van der Waals surface area (Å²) in [6, 6.07) is 20.1. The Hall–Kier alpha value is -4.07. The summed E-state index contributed by atoms with van der Waals surface area (Å²) in [5.74, 6) is -0.673. The van der Waals surface area contributed by atoms with E-state index in [2.05, 4.69) is 16.0 Å². The summed E-state index contributed by atoms with van der Waals surface area (Å²) < 4.78 is 0. The first-order chi connectivity index (χ1) is 16.3. The summed E-state index contributed by atoms with van der Waals surface area (Å²) >= 11 is 0. The number of carbonyl (C=O) groups is 3. The van der Waals surface area contributed by atoms with Crippen LogP contribution < -0.4 is 20.9 Å². The van der Waals surface area contributed by atoms with Gasteiger partial charge in [-0.05, 0) is 53.4 Å². The van der Waals surface area contributed by atoms with Gasteiger partial charge in [0.25, 0.3) is 5.91 Å². The Morgan fingerprint density at radius 2 is 1.62 bits per heavy atom. The quantitative estimate of drug-likeness (QED) is 0.345. The van der Waals surface area contributed by atoms with E-state index >= 15 is 0 Å². The van der Waals surface area contributed by atoms with E-state index in [1.807, 2.05) is 73.6 Å². The number of fused-ring (bicyclic) bond motifs is 1. The van der Waals surface area contributed by atoms with Crippen molar-refractivity contribution in [1.82, 2.24) is 16.0 Å². The van der Waals surface area contributed by atoms with Crippen LogP contribution in [-0.2, 0) is 11.3 Å². The van der Waals surface area contributed by atoms with Crippen LogP contribution in [0.2, 0.25) is 0 Å². The van der Waals surface area contributed by atoms with E-state index < -0.39 is 12.1 Å². The van der Waals surface area contributed by atoms with E-state index in [0.717, 1.165) is 22.0 Å². The minimum atomic E-state index is -1.12. The topological polar surface area (TPSA) is 111 Å². The first-order valence-corrected chi connectivity index (χ1v) is 11.1. The van der Waals surface area contributed by atoms with Crippen LogP contribution in [0.5, 0.6) is 0 Å². The minimum absolute atomic E-state index is 0.192. The van der Waals surface area contributed by atoms with Crippen LogP contribution in [0, 0.1) is 0 Å². The zero-order valence-electron chi connectivity index (χ0n) is 19.4. The first-order valence-electron chi connectivity index (χ1n) is 11.1. The molecule has 0 saturated heterocycles. The molecule has 178 valence electrons. The van der Waals surface area contributed by atoms with Crippen molar-refractivity contribution in [3.63, 3.8) is 0 Å². The molecule has 1 atom stereocenters. The van der Waals surface area contributed by atoms with Gasteiger partial charge in [-0.2, -0.15) is 0 Å². The number of carbonyl (C=O) groups excluding carboxylic acids is 2. The molecule has 3 rings (SSSR count). The Morgan fingerprint density at radius 3 is 2.32 bits per heavy atom. The van der Waals surface area contributed by atoms with Gasteiger partial charge in [0, 0.05) is 38.4 Å². The number of nitrogens with zero attached hydrogens (tertiary/aromatic N) is 1. The largest absolute Gasteiger partial charge is 0.465 e. The van der Waals surface area contributed by atoms with Crippen molar-refractivity contribution >= 4 is 34.4 Å². The molecule has 8 nitrogen and oxygen atoms in total. The molecule has 0 fully saturated rings. The molecule has 3 amide bonds. The van der Waals surface area contributed by atoms with Crippen LogP contribution in [0.3, 0.4) is 0 Å². The highest BCUT2D eigenvalue weighted by Crippen LogP contribution is 2.22. The fraction of sp³-hybridized carbons (Fsp3) is 0.269. The van der Waals surface area contributed by atoms with Gasteiger partial charge in [-0.1, -0.05) is 42.5 Å². The van der Waals surface area contributed by atoms with Crippen molar-refractivity contribution in [1.29, 1.82) is 0 Å². The third-order valence-electron chi connectivity index (χ3n) is 5.48. The molecule has 3 aromatic carbocycles. The van der Waals surface area contributed by atoms with Crippen LogP contribution in [0.1, 0.15) is 28.8 Å². The van der Waals surface area contributed by atoms with Crippen LogP contribution in [0.15, 0.2) is 66.7 Å². The second kappa shape index (κ2) is 11.7. The number of carboxylic acid groups (broad SMARTS) is 1. The van der Waals surface area contributed by atoms with Gasteiger partial charge in [-0.25, -0.2) is 4.79 Å². The van der Waals surface area contributed by atoms with Crippen molar-refractivity contribution in [2.24, 2.45) is 0 Å². The van der Waals surface area contributed by atoms with E-state index in [4.69, 9.17) is 5.11 Å². The van der Waals surface area contributed by atoms with Gasteiger partial charge in [0.1, 0.15) is 6.04 Å². The highest BCUT2D eigenvalue weighted by atomic mass is 16.4. The average Bonchev–Trinajstić information content (AvgIpc) is 2.84. The Balaban J connectivity index is 1.70. The maximum atomic E-state index is 13.0. The first kappa shape index (κ1) is 24.6. The molecule has 0 aliphatic rings. The molecule has 0 heterocycles. The lowest BCUT2D eigenvalue weighted by Crippen LogP contribution is -2.46. The van der Waals surface area contributed by atoms with Gasteiger partial charge < -0.3 is 26.0 Å². The zero-order chi connectivity index (χ0) is 24.5. The molecule has 0 radical (unpaired) electrons. The highest BCUT2D eigenvalue weighted by molar-refractivity contribution is 6.01. The number of nitrogens with one attached hydrogen (secondary N) is 3. The molecule has 0 spiro atoms. The summed E-state index contributed by atoms with van der Waals surface area (Å²) in [7, 11) is 3.94. The molecule has 4 N–H and O–H groups in total. The number of hydrogen-bond acceptors (Lipinski definition) is 4. The SMILES string of the molecule is CN(C)c1ccc2cc(C(=O)NC(CCCNC(=O)O)C(=O)NCc3ccccc3)ccc2c1. The Kier molecular flexibility index (Phi) is 8.45. The van der Waals surface area contributed by atoms with Gasteiger partial charge in [0.2, 0.25) is 5.91 Å². The number of benzene rings is 3. The lowest BCUT2D eigenvalue weighted by Gasteiger charge is -2.19. The molecule has 8 heteroatoms. The molecule has 0 aromatic heterocycles. The Labute approximate surface area is 199 Å². The molecule has 0 bridgehead atoms. The van der Waals surface area contributed by atoms with E-state index in [9.17, 15) is 14.4 Å². The third kappa shape index (κ3) is 6.96. The molecule has 34 heavy (non-hydrogen) atoms. The molecule has 0 aliphatic carbocycles. The van der Waals surface area contributed by atoms with Gasteiger partial charge in [0.05, 0.1) is 0 Å². The van der Waals surface area contributed by atoms with E-state index in [1.54, 1.807) is 12.1 Å². The fourth-order valence-electron chi connectivity index (χ4n) is 3.57. The summed E-state index contributed by atoms with van der Waals surface area (Å²) in [6.07, 6.45) is -0.421. The lowest BCUT2D eigenvalue weighted by molar-refractivity contribution is -0.123. The molecule has 1 unspecified atom stereocenters. The predicted octanol–water partition coefficient (Wildman–Crippen LogP) is 3.37. The van der Waals surface area contributed by atoms with Crippen LogP contribution in [0.4, 0.5) is 10.5 Å². The highest BCUT2D eigenvalue weighted by Gasteiger charge is 2.21. The van der Waals surface area contributed by atoms with Crippen molar-refractivity contribution in [2.45, 2.75) is 25.4 Å². The number of hydrogen-bond donors (Lipinski definition) is 4. The number of rotatable bonds is 10. The van der Waals surface area contributed by atoms with Crippen molar-refractivity contribution in [2.75, 3.05) is 25.5 Å². The summed E-state index contributed by atoms with van der Waals surface area (Å²) in [4.78, 5) is 38.6. The van der Waals surface area contributed by atoms with Crippen molar-refractivity contribution in [3.05, 3.63) is 77.9 Å². The number of anilines is 1. The minimum Gasteiger partial charge on any atom is -0.465 e. The van der Waals surface area contributed by atoms with Gasteiger partial charge in [-0.15, -0.1) is 0 Å². The van der Waals surface area contributed by atoms with E-state index in [1.165, 1.54) is 0 Å². The second-order valence-electron chi connectivity index (χ2n) is 8.24. The molecule has 0 saturated carbocycles. The molecule has 0 aliphatic heterocycles. The van der Waals surface area contributed by atoms with Gasteiger partial charge in [-0.3, -0.25) is 9.59 Å².